The van der Waals surface area contributed by atoms with Crippen LogP contribution in [0.15, 0.2) is 28.7 Å². The maximum atomic E-state index is 13.4. The molecular weight excluding hydrogens is 301 g/mol. The molecule has 0 aliphatic carbocycles. The van der Waals surface area contributed by atoms with Crippen LogP contribution in [0.25, 0.3) is 0 Å². The quantitative estimate of drug-likeness (QED) is 0.697. The summed E-state index contributed by atoms with van der Waals surface area (Å²) in [6, 6.07) is 4.32. The molecule has 0 aliphatic heterocycles. The number of nitrogens with one attached hydrogen (secondary N) is 1. The number of hydrazone groups is 1. The fourth-order valence-electron chi connectivity index (χ4n) is 1.50. The number of aryl methyl sites for hydroxylation is 1. The zero-order valence-corrected chi connectivity index (χ0v) is 12.1. The molecule has 0 radical (unpaired) electrons. The SMILES string of the molecule is Cc1nc(CC(=O)N/N=C\c2c(F)cccc2Cl)cs1. The predicted molar refractivity (Wildman–Crippen MR) is 77.7 cm³/mol. The number of halogens is 2. The molecule has 4 nitrogen and oxygen atoms in total. The third-order valence-corrected chi connectivity index (χ3v) is 3.54. The van der Waals surface area contributed by atoms with Gasteiger partial charge in [-0.1, -0.05) is 17.7 Å². The summed E-state index contributed by atoms with van der Waals surface area (Å²) in [5.41, 5.74) is 3.14. The van der Waals surface area contributed by atoms with Gasteiger partial charge in [-0.3, -0.25) is 4.79 Å². The van der Waals surface area contributed by atoms with E-state index in [0.717, 1.165) is 5.01 Å². The van der Waals surface area contributed by atoms with Crippen molar-refractivity contribution in [3.63, 3.8) is 0 Å². The second kappa shape index (κ2) is 6.58. The Kier molecular flexibility index (Phi) is 4.81. The largest absolute Gasteiger partial charge is 0.273 e. The van der Waals surface area contributed by atoms with E-state index < -0.39 is 5.82 Å². The fraction of sp³-hybridized carbons (Fsp3) is 0.154. The molecule has 1 aromatic carbocycles. The van der Waals surface area contributed by atoms with Crippen molar-refractivity contribution >= 4 is 35.1 Å². The third kappa shape index (κ3) is 3.85. The van der Waals surface area contributed by atoms with Crippen LogP contribution in [-0.4, -0.2) is 17.1 Å². The Labute approximate surface area is 124 Å². The Morgan fingerprint density at radius 1 is 1.60 bits per heavy atom. The molecule has 2 rings (SSSR count). The van der Waals surface area contributed by atoms with Crippen LogP contribution in [0.5, 0.6) is 0 Å². The van der Waals surface area contributed by atoms with Crippen molar-refractivity contribution in [3.05, 3.63) is 50.7 Å². The van der Waals surface area contributed by atoms with Crippen LogP contribution < -0.4 is 5.43 Å². The Bertz CT molecular complexity index is 637. The predicted octanol–water partition coefficient (Wildman–Crippen LogP) is 2.94. The van der Waals surface area contributed by atoms with E-state index in [4.69, 9.17) is 11.6 Å². The molecule has 0 unspecified atom stereocenters. The smallest absolute Gasteiger partial charge is 0.246 e. The van der Waals surface area contributed by atoms with Gasteiger partial charge in [-0.2, -0.15) is 5.10 Å². The number of carbonyl (C=O) groups excluding carboxylic acids is 1. The Balaban J connectivity index is 1.94. The van der Waals surface area contributed by atoms with Crippen molar-refractivity contribution in [1.29, 1.82) is 0 Å². The van der Waals surface area contributed by atoms with Crippen molar-refractivity contribution in [1.82, 2.24) is 10.4 Å². The molecule has 0 saturated heterocycles. The van der Waals surface area contributed by atoms with Gasteiger partial charge in [0, 0.05) is 10.9 Å². The molecule has 7 heteroatoms. The maximum Gasteiger partial charge on any atom is 0.246 e. The first-order valence-corrected chi connectivity index (χ1v) is 6.99. The van der Waals surface area contributed by atoms with Crippen molar-refractivity contribution in [2.24, 2.45) is 5.10 Å². The van der Waals surface area contributed by atoms with Gasteiger partial charge in [0.25, 0.3) is 0 Å². The standard InChI is InChI=1S/C13H11ClFN3OS/c1-8-17-9(7-20-8)5-13(19)18-16-6-10-11(14)3-2-4-12(10)15/h2-4,6-7H,5H2,1H3,(H,18,19)/b16-6-. The minimum atomic E-state index is -0.495. The molecule has 1 heterocycles. The summed E-state index contributed by atoms with van der Waals surface area (Å²) in [5.74, 6) is -0.815. The van der Waals surface area contributed by atoms with E-state index in [1.165, 1.54) is 29.7 Å². The van der Waals surface area contributed by atoms with Crippen molar-refractivity contribution < 1.29 is 9.18 Å². The number of nitrogens with zero attached hydrogens (tertiary/aromatic N) is 2. The summed E-state index contributed by atoms with van der Waals surface area (Å²) in [7, 11) is 0. The molecule has 0 bridgehead atoms. The molecular formula is C13H11ClFN3OS. The average molecular weight is 312 g/mol. The highest BCUT2D eigenvalue weighted by Gasteiger charge is 2.06. The Morgan fingerprint density at radius 2 is 2.40 bits per heavy atom. The maximum absolute atomic E-state index is 13.4. The first kappa shape index (κ1) is 14.6. The summed E-state index contributed by atoms with van der Waals surface area (Å²) >= 11 is 7.30. The number of amides is 1. The molecule has 1 N–H and O–H groups in total. The molecule has 1 aromatic heterocycles. The number of thiazole rings is 1. The van der Waals surface area contributed by atoms with Gasteiger partial charge in [0.05, 0.1) is 28.4 Å². The topological polar surface area (TPSA) is 54.4 Å². The first-order valence-electron chi connectivity index (χ1n) is 5.73. The van der Waals surface area contributed by atoms with Crippen LogP contribution >= 0.6 is 22.9 Å². The second-order valence-electron chi connectivity index (χ2n) is 3.96. The summed E-state index contributed by atoms with van der Waals surface area (Å²) in [5, 5.41) is 6.64. The number of hydrogen-bond acceptors (Lipinski definition) is 4. The highest BCUT2D eigenvalue weighted by atomic mass is 35.5. The van der Waals surface area contributed by atoms with Gasteiger partial charge in [0.15, 0.2) is 0 Å². The molecule has 0 saturated carbocycles. The van der Waals surface area contributed by atoms with E-state index in [0.29, 0.717) is 5.69 Å². The van der Waals surface area contributed by atoms with Crippen LogP contribution in [0.2, 0.25) is 5.02 Å². The lowest BCUT2D eigenvalue weighted by atomic mass is 10.2. The van der Waals surface area contributed by atoms with Gasteiger partial charge in [-0.05, 0) is 19.1 Å². The van der Waals surface area contributed by atoms with Crippen molar-refractivity contribution in [2.75, 3.05) is 0 Å². The monoisotopic (exact) mass is 311 g/mol. The molecule has 0 aliphatic rings. The van der Waals surface area contributed by atoms with Gasteiger partial charge < -0.3 is 0 Å². The molecule has 20 heavy (non-hydrogen) atoms. The summed E-state index contributed by atoms with van der Waals surface area (Å²) in [6.07, 6.45) is 1.31. The Morgan fingerprint density at radius 3 is 3.05 bits per heavy atom. The van der Waals surface area contributed by atoms with Gasteiger partial charge in [-0.15, -0.1) is 11.3 Å². The normalized spacial score (nSPS) is 10.9. The van der Waals surface area contributed by atoms with E-state index in [2.05, 4.69) is 15.5 Å². The molecule has 104 valence electrons. The molecule has 0 atom stereocenters. The zero-order chi connectivity index (χ0) is 14.5. The second-order valence-corrected chi connectivity index (χ2v) is 5.43. The van der Waals surface area contributed by atoms with Gasteiger partial charge in [0.2, 0.25) is 5.91 Å². The summed E-state index contributed by atoms with van der Waals surface area (Å²) in [6.45, 7) is 1.87. The van der Waals surface area contributed by atoms with Crippen molar-refractivity contribution in [3.8, 4) is 0 Å². The van der Waals surface area contributed by atoms with Crippen LogP contribution in [0, 0.1) is 12.7 Å². The molecule has 0 spiro atoms. The minimum Gasteiger partial charge on any atom is -0.273 e. The van der Waals surface area contributed by atoms with Gasteiger partial charge in [0.1, 0.15) is 5.82 Å². The first-order chi connectivity index (χ1) is 9.56. The lowest BCUT2D eigenvalue weighted by molar-refractivity contribution is -0.120. The number of benzene rings is 1. The number of carbonyl (C=O) groups is 1. The number of rotatable bonds is 4. The molecule has 2 aromatic rings. The van der Waals surface area contributed by atoms with E-state index in [9.17, 15) is 9.18 Å². The molecule has 0 fully saturated rings. The summed E-state index contributed by atoms with van der Waals surface area (Å²) in [4.78, 5) is 15.8. The highest BCUT2D eigenvalue weighted by Crippen LogP contribution is 2.16. The van der Waals surface area contributed by atoms with E-state index in [1.807, 2.05) is 12.3 Å². The zero-order valence-electron chi connectivity index (χ0n) is 10.6. The van der Waals surface area contributed by atoms with Crippen molar-refractivity contribution in [2.45, 2.75) is 13.3 Å². The third-order valence-electron chi connectivity index (χ3n) is 2.39. The van der Waals surface area contributed by atoms with Gasteiger partial charge in [-0.25, -0.2) is 14.8 Å². The van der Waals surface area contributed by atoms with E-state index in [1.54, 1.807) is 6.07 Å². The summed E-state index contributed by atoms with van der Waals surface area (Å²) < 4.78 is 13.4. The minimum absolute atomic E-state index is 0.132. The molecule has 1 amide bonds. The van der Waals surface area contributed by atoms with Crippen LogP contribution in [0.3, 0.4) is 0 Å². The van der Waals surface area contributed by atoms with Gasteiger partial charge >= 0.3 is 0 Å². The number of aromatic nitrogens is 1. The van der Waals surface area contributed by atoms with Crippen LogP contribution in [0.1, 0.15) is 16.3 Å². The lowest BCUT2D eigenvalue weighted by Crippen LogP contribution is -2.20. The average Bonchev–Trinajstić information content (AvgIpc) is 2.78. The van der Waals surface area contributed by atoms with E-state index in [-0.39, 0.29) is 22.9 Å². The van der Waals surface area contributed by atoms with Crippen LogP contribution in [0.4, 0.5) is 4.39 Å². The van der Waals surface area contributed by atoms with Crippen LogP contribution in [-0.2, 0) is 11.2 Å². The Hall–Kier alpha value is -1.79. The lowest BCUT2D eigenvalue weighted by Gasteiger charge is -2.00. The number of hydrogen-bond donors (Lipinski definition) is 1. The fourth-order valence-corrected chi connectivity index (χ4v) is 2.32. The highest BCUT2D eigenvalue weighted by molar-refractivity contribution is 7.09. The van der Waals surface area contributed by atoms with E-state index >= 15 is 0 Å².